The molecule has 0 atom stereocenters. The molecule has 27 heavy (non-hydrogen) atoms. The molecule has 0 amide bonds. The maximum absolute atomic E-state index is 5.63. The van der Waals surface area contributed by atoms with Crippen LogP contribution < -0.4 is 0 Å². The van der Waals surface area contributed by atoms with Crippen molar-refractivity contribution in [2.45, 2.75) is 149 Å². The van der Waals surface area contributed by atoms with Crippen molar-refractivity contribution in [1.82, 2.24) is 0 Å². The van der Waals surface area contributed by atoms with Crippen LogP contribution in [-0.4, -0.2) is 13.2 Å². The lowest BCUT2D eigenvalue weighted by atomic mass is 10.0. The third kappa shape index (κ3) is 26.0. The van der Waals surface area contributed by atoms with Crippen molar-refractivity contribution in [1.29, 1.82) is 0 Å². The van der Waals surface area contributed by atoms with Gasteiger partial charge in [-0.3, -0.25) is 0 Å². The Morgan fingerprint density at radius 2 is 0.741 bits per heavy atom. The minimum Gasteiger partial charge on any atom is -0.381 e. The molecule has 0 spiro atoms. The minimum atomic E-state index is 0.676. The molecule has 0 fully saturated rings. The van der Waals surface area contributed by atoms with E-state index in [1.807, 2.05) is 0 Å². The predicted octanol–water partition coefficient (Wildman–Crippen LogP) is 9.48. The average Bonchev–Trinajstić information content (AvgIpc) is 2.65. The van der Waals surface area contributed by atoms with Crippen molar-refractivity contribution in [2.24, 2.45) is 5.92 Å². The molecule has 0 aromatic rings. The van der Waals surface area contributed by atoms with Gasteiger partial charge >= 0.3 is 0 Å². The molecule has 1 heteroatoms. The van der Waals surface area contributed by atoms with Crippen LogP contribution in [0.15, 0.2) is 0 Å². The van der Waals surface area contributed by atoms with E-state index < -0.39 is 0 Å². The Labute approximate surface area is 173 Å². The Morgan fingerprint density at radius 3 is 1.04 bits per heavy atom. The first-order valence-corrected chi connectivity index (χ1v) is 12.8. The van der Waals surface area contributed by atoms with Crippen LogP contribution >= 0.6 is 0 Å². The first-order valence-electron chi connectivity index (χ1n) is 12.8. The standard InChI is InChI=1S/C26H54O/c1-4-5-6-7-8-9-10-11-12-13-14-15-16-17-18-19-20-21-22-23-24-27-25-26(2)3/h26H,4-25H2,1-3H3. The van der Waals surface area contributed by atoms with Gasteiger partial charge in [0.2, 0.25) is 0 Å². The first-order chi connectivity index (χ1) is 13.3. The van der Waals surface area contributed by atoms with Gasteiger partial charge in [-0.2, -0.15) is 0 Å². The van der Waals surface area contributed by atoms with Gasteiger partial charge in [-0.05, 0) is 12.3 Å². The van der Waals surface area contributed by atoms with Crippen molar-refractivity contribution < 1.29 is 4.74 Å². The van der Waals surface area contributed by atoms with E-state index in [2.05, 4.69) is 20.8 Å². The summed E-state index contributed by atoms with van der Waals surface area (Å²) in [5.41, 5.74) is 0. The van der Waals surface area contributed by atoms with Crippen LogP contribution in [-0.2, 0) is 4.74 Å². The summed E-state index contributed by atoms with van der Waals surface area (Å²) in [6.45, 7) is 8.64. The monoisotopic (exact) mass is 382 g/mol. The molecule has 0 bridgehead atoms. The number of ether oxygens (including phenoxy) is 1. The fraction of sp³-hybridized carbons (Fsp3) is 1.00. The SMILES string of the molecule is CCCCCCCCCCCCCCCCCCCCCCOCC(C)C. The zero-order valence-electron chi connectivity index (χ0n) is 19.5. The first kappa shape index (κ1) is 27.0. The lowest BCUT2D eigenvalue weighted by Gasteiger charge is -2.06. The lowest BCUT2D eigenvalue weighted by molar-refractivity contribution is 0.106. The predicted molar refractivity (Wildman–Crippen MR) is 124 cm³/mol. The van der Waals surface area contributed by atoms with Gasteiger partial charge in [0.1, 0.15) is 0 Å². The van der Waals surface area contributed by atoms with Crippen LogP contribution in [0.25, 0.3) is 0 Å². The maximum atomic E-state index is 5.63. The van der Waals surface area contributed by atoms with E-state index in [9.17, 15) is 0 Å². The molecular weight excluding hydrogens is 328 g/mol. The number of rotatable bonds is 23. The molecule has 0 N–H and O–H groups in total. The lowest BCUT2D eigenvalue weighted by Crippen LogP contribution is -2.02. The second-order valence-electron chi connectivity index (χ2n) is 9.19. The molecule has 0 aromatic carbocycles. The topological polar surface area (TPSA) is 9.23 Å². The summed E-state index contributed by atoms with van der Waals surface area (Å²) in [5.74, 6) is 0.676. The molecule has 0 aliphatic rings. The summed E-state index contributed by atoms with van der Waals surface area (Å²) in [7, 11) is 0. The van der Waals surface area contributed by atoms with Gasteiger partial charge in [-0.1, -0.05) is 143 Å². The molecule has 0 saturated carbocycles. The zero-order chi connectivity index (χ0) is 19.8. The summed E-state index contributed by atoms with van der Waals surface area (Å²) < 4.78 is 5.63. The van der Waals surface area contributed by atoms with Crippen LogP contribution in [0.3, 0.4) is 0 Å². The van der Waals surface area contributed by atoms with Crippen molar-refractivity contribution in [3.63, 3.8) is 0 Å². The molecule has 1 nitrogen and oxygen atoms in total. The second kappa shape index (κ2) is 24.0. The molecule has 0 aromatic heterocycles. The van der Waals surface area contributed by atoms with Gasteiger partial charge in [-0.15, -0.1) is 0 Å². The Hall–Kier alpha value is -0.0400. The fourth-order valence-corrected chi connectivity index (χ4v) is 3.78. The smallest absolute Gasteiger partial charge is 0.0488 e. The minimum absolute atomic E-state index is 0.676. The van der Waals surface area contributed by atoms with E-state index in [1.54, 1.807) is 0 Å². The third-order valence-electron chi connectivity index (χ3n) is 5.59. The highest BCUT2D eigenvalue weighted by Gasteiger charge is 1.96. The molecule has 0 heterocycles. The van der Waals surface area contributed by atoms with Crippen LogP contribution in [0, 0.1) is 5.92 Å². The number of hydrogen-bond acceptors (Lipinski definition) is 1. The Balaban J connectivity index is 2.97. The van der Waals surface area contributed by atoms with Gasteiger partial charge in [0, 0.05) is 13.2 Å². The van der Waals surface area contributed by atoms with Crippen molar-refractivity contribution >= 4 is 0 Å². The van der Waals surface area contributed by atoms with Crippen molar-refractivity contribution in [3.8, 4) is 0 Å². The summed E-state index contributed by atoms with van der Waals surface area (Å²) >= 11 is 0. The largest absolute Gasteiger partial charge is 0.381 e. The zero-order valence-corrected chi connectivity index (χ0v) is 19.5. The van der Waals surface area contributed by atoms with Crippen molar-refractivity contribution in [3.05, 3.63) is 0 Å². The maximum Gasteiger partial charge on any atom is 0.0488 e. The van der Waals surface area contributed by atoms with Crippen LogP contribution in [0.1, 0.15) is 149 Å². The van der Waals surface area contributed by atoms with E-state index in [1.165, 1.54) is 128 Å². The molecule has 0 rings (SSSR count). The van der Waals surface area contributed by atoms with E-state index in [4.69, 9.17) is 4.74 Å². The Bertz CT molecular complexity index is 249. The van der Waals surface area contributed by atoms with E-state index in [0.29, 0.717) is 5.92 Å². The van der Waals surface area contributed by atoms with Crippen LogP contribution in [0.4, 0.5) is 0 Å². The van der Waals surface area contributed by atoms with Crippen LogP contribution in [0.2, 0.25) is 0 Å². The van der Waals surface area contributed by atoms with Gasteiger partial charge in [-0.25, -0.2) is 0 Å². The molecule has 0 unspecified atom stereocenters. The van der Waals surface area contributed by atoms with E-state index in [0.717, 1.165) is 13.2 Å². The van der Waals surface area contributed by atoms with E-state index >= 15 is 0 Å². The highest BCUT2D eigenvalue weighted by molar-refractivity contribution is 4.51. The highest BCUT2D eigenvalue weighted by atomic mass is 16.5. The second-order valence-corrected chi connectivity index (χ2v) is 9.19. The number of hydrogen-bond donors (Lipinski definition) is 0. The van der Waals surface area contributed by atoms with Gasteiger partial charge < -0.3 is 4.74 Å². The molecule has 0 aliphatic heterocycles. The molecule has 0 aliphatic carbocycles. The molecular formula is C26H54O. The van der Waals surface area contributed by atoms with Crippen molar-refractivity contribution in [2.75, 3.05) is 13.2 Å². The summed E-state index contributed by atoms with van der Waals surface area (Å²) in [4.78, 5) is 0. The third-order valence-corrected chi connectivity index (χ3v) is 5.59. The highest BCUT2D eigenvalue weighted by Crippen LogP contribution is 2.14. The van der Waals surface area contributed by atoms with Gasteiger partial charge in [0.25, 0.3) is 0 Å². The molecule has 164 valence electrons. The molecule has 0 radical (unpaired) electrons. The average molecular weight is 383 g/mol. The summed E-state index contributed by atoms with van der Waals surface area (Å²) in [5, 5.41) is 0. The van der Waals surface area contributed by atoms with Crippen LogP contribution in [0.5, 0.6) is 0 Å². The summed E-state index contributed by atoms with van der Waals surface area (Å²) in [6.07, 6.45) is 28.9. The molecule has 0 saturated heterocycles. The van der Waals surface area contributed by atoms with Gasteiger partial charge in [0.15, 0.2) is 0 Å². The van der Waals surface area contributed by atoms with Gasteiger partial charge in [0.05, 0.1) is 0 Å². The summed E-state index contributed by atoms with van der Waals surface area (Å²) in [6, 6.07) is 0. The number of unbranched alkanes of at least 4 members (excludes halogenated alkanes) is 19. The van der Waals surface area contributed by atoms with E-state index in [-0.39, 0.29) is 0 Å². The Morgan fingerprint density at radius 1 is 0.444 bits per heavy atom. The normalized spacial score (nSPS) is 11.6. The fourth-order valence-electron chi connectivity index (χ4n) is 3.78. The Kier molecular flexibility index (Phi) is 24.0. The quantitative estimate of drug-likeness (QED) is 0.160.